The van der Waals surface area contributed by atoms with Crippen LogP contribution < -0.4 is 10.6 Å². The Balaban J connectivity index is 1.30. The number of carbonyl (C=O) groups is 1. The normalized spacial score (nSPS) is 29.7. The zero-order valence-electron chi connectivity index (χ0n) is 20.9. The third-order valence-corrected chi connectivity index (χ3v) is 8.82. The molecule has 4 aliphatic rings. The lowest BCUT2D eigenvalue weighted by Crippen LogP contribution is -2.76. The predicted octanol–water partition coefficient (Wildman–Crippen LogP) is 4.63. The van der Waals surface area contributed by atoms with Crippen LogP contribution in [0.3, 0.4) is 0 Å². The molecule has 3 aromatic carbocycles. The van der Waals surface area contributed by atoms with Crippen LogP contribution in [0, 0.1) is 23.7 Å². The van der Waals surface area contributed by atoms with Crippen molar-refractivity contribution >= 4 is 16.7 Å². The number of carbonyl (C=O) groups excluding carboxylic acids is 1. The number of amides is 1. The molecule has 3 saturated heterocycles. The zero-order valence-corrected chi connectivity index (χ0v) is 20.9. The molecule has 3 aromatic rings. The van der Waals surface area contributed by atoms with Gasteiger partial charge in [0.2, 0.25) is 5.91 Å². The van der Waals surface area contributed by atoms with Crippen molar-refractivity contribution in [2.24, 2.45) is 23.7 Å². The van der Waals surface area contributed by atoms with Gasteiger partial charge in [-0.05, 0) is 59.0 Å². The summed E-state index contributed by atoms with van der Waals surface area (Å²) in [4.78, 5) is 16.8. The molecule has 2 N–H and O–H groups in total. The Morgan fingerprint density at radius 2 is 1.83 bits per heavy atom. The standard InChI is InChI=1S/C31H37N3O/c1-21(2)19-34-20-26-16-25-18-33-31(26,29(34)28(25)15-22-9-4-3-5-10-22)30(35)32-17-24-13-8-12-23-11-6-7-14-27(23)24/h3-14,21,25-26,28-29,33H,15-20H2,1-2H3,(H,32,35)/t25-,26-,28+,29-,31-/m0/s1. The Bertz CT molecular complexity index is 1200. The summed E-state index contributed by atoms with van der Waals surface area (Å²) in [5.41, 5.74) is 2.09. The molecule has 182 valence electrons. The maximum absolute atomic E-state index is 14.2. The number of nitrogens with one attached hydrogen (secondary N) is 2. The number of nitrogens with zero attached hydrogens (tertiary/aromatic N) is 1. The molecule has 3 heterocycles. The van der Waals surface area contributed by atoms with E-state index in [1.165, 1.54) is 21.9 Å². The van der Waals surface area contributed by atoms with Crippen molar-refractivity contribution in [3.63, 3.8) is 0 Å². The molecule has 3 aliphatic heterocycles. The lowest BCUT2D eigenvalue weighted by atomic mass is 9.58. The van der Waals surface area contributed by atoms with Crippen LogP contribution in [0.15, 0.2) is 72.8 Å². The van der Waals surface area contributed by atoms with E-state index in [1.54, 1.807) is 0 Å². The average molecular weight is 468 g/mol. The summed E-state index contributed by atoms with van der Waals surface area (Å²) in [6.07, 6.45) is 2.20. The first kappa shape index (κ1) is 22.8. The van der Waals surface area contributed by atoms with Crippen LogP contribution in [0.5, 0.6) is 0 Å². The van der Waals surface area contributed by atoms with E-state index in [2.05, 4.69) is 102 Å². The Labute approximate surface area is 209 Å². The number of hydrogen-bond donors (Lipinski definition) is 2. The fourth-order valence-electron chi connectivity index (χ4n) is 7.51. The molecule has 7 rings (SSSR count). The minimum Gasteiger partial charge on any atom is -0.350 e. The Morgan fingerprint density at radius 3 is 2.66 bits per heavy atom. The Morgan fingerprint density at radius 1 is 1.06 bits per heavy atom. The Hall–Kier alpha value is -2.69. The highest BCUT2D eigenvalue weighted by Gasteiger charge is 2.67. The van der Waals surface area contributed by atoms with Gasteiger partial charge in [-0.2, -0.15) is 0 Å². The smallest absolute Gasteiger partial charge is 0.242 e. The molecule has 4 nitrogen and oxygen atoms in total. The van der Waals surface area contributed by atoms with E-state index < -0.39 is 5.54 Å². The molecule has 4 heteroatoms. The minimum absolute atomic E-state index is 0.197. The third-order valence-electron chi connectivity index (χ3n) is 8.82. The molecule has 5 atom stereocenters. The number of rotatable bonds is 7. The molecule has 35 heavy (non-hydrogen) atoms. The second-order valence-corrected chi connectivity index (χ2v) is 11.4. The molecule has 1 amide bonds. The molecule has 0 unspecified atom stereocenters. The maximum Gasteiger partial charge on any atom is 0.242 e. The van der Waals surface area contributed by atoms with Crippen molar-refractivity contribution in [2.45, 2.75) is 44.8 Å². The van der Waals surface area contributed by atoms with Crippen LogP contribution in [0.1, 0.15) is 31.4 Å². The molecular weight excluding hydrogens is 430 g/mol. The molecular formula is C31H37N3O. The second kappa shape index (κ2) is 9.07. The van der Waals surface area contributed by atoms with E-state index in [4.69, 9.17) is 0 Å². The quantitative estimate of drug-likeness (QED) is 0.532. The van der Waals surface area contributed by atoms with E-state index in [9.17, 15) is 4.79 Å². The first-order valence-electron chi connectivity index (χ1n) is 13.3. The first-order chi connectivity index (χ1) is 17.1. The number of hydrogen-bond acceptors (Lipinski definition) is 3. The summed E-state index contributed by atoms with van der Waals surface area (Å²) < 4.78 is 0. The van der Waals surface area contributed by atoms with Gasteiger partial charge in [0.15, 0.2) is 0 Å². The fourth-order valence-corrected chi connectivity index (χ4v) is 7.51. The molecule has 0 spiro atoms. The van der Waals surface area contributed by atoms with E-state index in [0.717, 1.165) is 32.5 Å². The van der Waals surface area contributed by atoms with Gasteiger partial charge in [-0.15, -0.1) is 0 Å². The summed E-state index contributed by atoms with van der Waals surface area (Å²) in [6.45, 7) is 8.20. The van der Waals surface area contributed by atoms with Crippen LogP contribution in [0.25, 0.3) is 10.8 Å². The minimum atomic E-state index is -0.492. The summed E-state index contributed by atoms with van der Waals surface area (Å²) in [5.74, 6) is 2.29. The number of likely N-dealkylation sites (tertiary alicyclic amines) is 1. The number of piperidine rings is 2. The van der Waals surface area contributed by atoms with Gasteiger partial charge in [0.1, 0.15) is 5.54 Å². The molecule has 0 aromatic heterocycles. The Kier molecular flexibility index (Phi) is 5.90. The van der Waals surface area contributed by atoms with Crippen molar-refractivity contribution in [3.8, 4) is 0 Å². The fraction of sp³-hybridized carbons (Fsp3) is 0.452. The highest BCUT2D eigenvalue weighted by Crippen LogP contribution is 2.53. The molecule has 4 fully saturated rings. The van der Waals surface area contributed by atoms with E-state index in [1.807, 2.05) is 0 Å². The van der Waals surface area contributed by atoms with Crippen molar-refractivity contribution in [3.05, 3.63) is 83.9 Å². The number of benzene rings is 3. The summed E-state index contributed by atoms with van der Waals surface area (Å²) >= 11 is 0. The van der Waals surface area contributed by atoms with Gasteiger partial charge in [0.05, 0.1) is 0 Å². The topological polar surface area (TPSA) is 44.4 Å². The third kappa shape index (κ3) is 3.88. The first-order valence-corrected chi connectivity index (χ1v) is 13.3. The number of fused-ring (bicyclic) bond motifs is 2. The SMILES string of the molecule is CC(C)CN1C[C@@H]2C[C@H]3CN[C@]2(C(=O)NCc2cccc4ccccc24)[C@@H]1[C@@H]3Cc1ccccc1. The molecule has 4 bridgehead atoms. The van der Waals surface area contributed by atoms with Gasteiger partial charge in [0, 0.05) is 31.6 Å². The molecule has 1 saturated carbocycles. The van der Waals surface area contributed by atoms with E-state index in [-0.39, 0.29) is 11.9 Å². The summed E-state index contributed by atoms with van der Waals surface area (Å²) in [7, 11) is 0. The van der Waals surface area contributed by atoms with Crippen LogP contribution in [0.4, 0.5) is 0 Å². The van der Waals surface area contributed by atoms with Crippen molar-refractivity contribution in [1.29, 1.82) is 0 Å². The predicted molar refractivity (Wildman–Crippen MR) is 142 cm³/mol. The largest absolute Gasteiger partial charge is 0.350 e. The summed E-state index contributed by atoms with van der Waals surface area (Å²) in [6, 6.07) is 26.0. The lowest BCUT2D eigenvalue weighted by molar-refractivity contribution is -0.138. The zero-order chi connectivity index (χ0) is 24.0. The average Bonchev–Trinajstić information content (AvgIpc) is 3.13. The van der Waals surface area contributed by atoms with Crippen molar-refractivity contribution < 1.29 is 4.79 Å². The van der Waals surface area contributed by atoms with Gasteiger partial charge < -0.3 is 10.6 Å². The monoisotopic (exact) mass is 467 g/mol. The molecule has 0 radical (unpaired) electrons. The van der Waals surface area contributed by atoms with Gasteiger partial charge in [-0.1, -0.05) is 86.6 Å². The maximum atomic E-state index is 14.2. The lowest BCUT2D eigenvalue weighted by Gasteiger charge is -2.56. The van der Waals surface area contributed by atoms with Crippen LogP contribution in [0.2, 0.25) is 0 Å². The van der Waals surface area contributed by atoms with Gasteiger partial charge >= 0.3 is 0 Å². The van der Waals surface area contributed by atoms with Gasteiger partial charge in [-0.3, -0.25) is 9.69 Å². The second-order valence-electron chi connectivity index (χ2n) is 11.4. The highest BCUT2D eigenvalue weighted by molar-refractivity contribution is 5.90. The van der Waals surface area contributed by atoms with Gasteiger partial charge in [0.25, 0.3) is 0 Å². The molecule has 1 aliphatic carbocycles. The summed E-state index contributed by atoms with van der Waals surface area (Å²) in [5, 5.41) is 9.68. The van der Waals surface area contributed by atoms with Crippen molar-refractivity contribution in [2.75, 3.05) is 19.6 Å². The van der Waals surface area contributed by atoms with E-state index in [0.29, 0.717) is 30.2 Å². The van der Waals surface area contributed by atoms with Crippen LogP contribution in [-0.2, 0) is 17.8 Å². The van der Waals surface area contributed by atoms with Crippen molar-refractivity contribution in [1.82, 2.24) is 15.5 Å². The van der Waals surface area contributed by atoms with E-state index >= 15 is 0 Å². The van der Waals surface area contributed by atoms with Gasteiger partial charge in [-0.25, -0.2) is 0 Å². The highest BCUT2D eigenvalue weighted by atomic mass is 16.2. The van der Waals surface area contributed by atoms with Crippen LogP contribution in [-0.4, -0.2) is 42.0 Å². The van der Waals surface area contributed by atoms with Crippen LogP contribution >= 0.6 is 0 Å².